The number of carbonyl (C=O) groups is 1. The van der Waals surface area contributed by atoms with E-state index < -0.39 is 5.97 Å². The topological polar surface area (TPSA) is 95.8 Å². The zero-order valence-corrected chi connectivity index (χ0v) is 10.2. The molecule has 7 heteroatoms. The number of aliphatic hydroxyl groups excluding tert-OH is 1. The van der Waals surface area contributed by atoms with Gasteiger partial charge < -0.3 is 14.9 Å². The van der Waals surface area contributed by atoms with Gasteiger partial charge >= 0.3 is 5.97 Å². The molecule has 0 aromatic carbocycles. The second-order valence-electron chi connectivity index (χ2n) is 3.68. The number of nitrogens with zero attached hydrogens (tertiary/aromatic N) is 3. The van der Waals surface area contributed by atoms with Crippen LogP contribution >= 0.6 is 0 Å². The maximum atomic E-state index is 11.0. The van der Waals surface area contributed by atoms with Crippen molar-refractivity contribution in [1.29, 1.82) is 0 Å². The SMILES string of the molecule is COCCN(CCO)Cc1ncncc1C(=O)O. The second-order valence-corrected chi connectivity index (χ2v) is 3.68. The molecule has 0 saturated heterocycles. The summed E-state index contributed by atoms with van der Waals surface area (Å²) in [5.41, 5.74) is 0.514. The maximum Gasteiger partial charge on any atom is 0.339 e. The van der Waals surface area contributed by atoms with Crippen molar-refractivity contribution < 1.29 is 19.7 Å². The van der Waals surface area contributed by atoms with Crippen LogP contribution in [0, 0.1) is 0 Å². The summed E-state index contributed by atoms with van der Waals surface area (Å²) in [6.45, 7) is 1.88. The van der Waals surface area contributed by atoms with Crippen LogP contribution in [0.15, 0.2) is 12.5 Å². The lowest BCUT2D eigenvalue weighted by atomic mass is 10.2. The second kappa shape index (κ2) is 7.70. The average molecular weight is 255 g/mol. The molecule has 0 spiro atoms. The van der Waals surface area contributed by atoms with Crippen LogP contribution in [0.5, 0.6) is 0 Å². The van der Waals surface area contributed by atoms with Gasteiger partial charge in [0, 0.05) is 32.9 Å². The Balaban J connectivity index is 2.76. The molecule has 1 aromatic heterocycles. The van der Waals surface area contributed by atoms with Crippen molar-refractivity contribution in [1.82, 2.24) is 14.9 Å². The van der Waals surface area contributed by atoms with Crippen molar-refractivity contribution in [2.24, 2.45) is 0 Å². The summed E-state index contributed by atoms with van der Waals surface area (Å²) in [6.07, 6.45) is 2.59. The van der Waals surface area contributed by atoms with Crippen LogP contribution in [0.2, 0.25) is 0 Å². The molecule has 7 nitrogen and oxygen atoms in total. The van der Waals surface area contributed by atoms with E-state index in [1.165, 1.54) is 12.5 Å². The normalized spacial score (nSPS) is 10.8. The molecule has 0 amide bonds. The quantitative estimate of drug-likeness (QED) is 0.653. The fourth-order valence-corrected chi connectivity index (χ4v) is 1.50. The molecule has 0 aliphatic carbocycles. The number of carboxylic acids is 1. The smallest absolute Gasteiger partial charge is 0.339 e. The van der Waals surface area contributed by atoms with Crippen LogP contribution in [-0.4, -0.2) is 64.5 Å². The molecule has 0 radical (unpaired) electrons. The van der Waals surface area contributed by atoms with Crippen LogP contribution in [0.1, 0.15) is 16.1 Å². The van der Waals surface area contributed by atoms with Crippen LogP contribution in [0.4, 0.5) is 0 Å². The van der Waals surface area contributed by atoms with Crippen molar-refractivity contribution in [2.75, 3.05) is 33.4 Å². The van der Waals surface area contributed by atoms with Gasteiger partial charge in [-0.05, 0) is 0 Å². The average Bonchev–Trinajstić information content (AvgIpc) is 2.36. The van der Waals surface area contributed by atoms with Gasteiger partial charge in [-0.1, -0.05) is 0 Å². The highest BCUT2D eigenvalue weighted by Gasteiger charge is 2.14. The Bertz CT molecular complexity index is 386. The number of rotatable bonds is 8. The third-order valence-corrected chi connectivity index (χ3v) is 2.43. The van der Waals surface area contributed by atoms with E-state index in [0.717, 1.165) is 0 Å². The van der Waals surface area contributed by atoms with E-state index in [9.17, 15) is 4.79 Å². The summed E-state index contributed by atoms with van der Waals surface area (Å²) >= 11 is 0. The Morgan fingerprint density at radius 3 is 2.89 bits per heavy atom. The van der Waals surface area contributed by atoms with E-state index >= 15 is 0 Å². The van der Waals surface area contributed by atoms with E-state index in [1.54, 1.807) is 7.11 Å². The van der Waals surface area contributed by atoms with Crippen molar-refractivity contribution in [3.05, 3.63) is 23.8 Å². The Morgan fingerprint density at radius 2 is 2.28 bits per heavy atom. The number of hydrogen-bond donors (Lipinski definition) is 2. The fourth-order valence-electron chi connectivity index (χ4n) is 1.50. The minimum absolute atomic E-state index is 0.00278. The Labute approximate surface area is 105 Å². The van der Waals surface area contributed by atoms with E-state index in [1.807, 2.05) is 4.90 Å². The van der Waals surface area contributed by atoms with E-state index in [0.29, 0.717) is 31.9 Å². The number of aliphatic hydroxyl groups is 1. The highest BCUT2D eigenvalue weighted by atomic mass is 16.5. The van der Waals surface area contributed by atoms with Gasteiger partial charge in [-0.25, -0.2) is 14.8 Å². The standard InChI is InChI=1S/C11H17N3O4/c1-18-5-3-14(2-4-15)7-10-9(11(16)17)6-12-8-13-10/h6,8,15H,2-5,7H2,1H3,(H,16,17). The number of aromatic nitrogens is 2. The van der Waals surface area contributed by atoms with Gasteiger partial charge in [0.15, 0.2) is 0 Å². The molecule has 0 aliphatic rings. The summed E-state index contributed by atoms with van der Waals surface area (Å²) in [5, 5.41) is 18.0. The van der Waals surface area contributed by atoms with Crippen molar-refractivity contribution >= 4 is 5.97 Å². The van der Waals surface area contributed by atoms with Gasteiger partial charge in [-0.15, -0.1) is 0 Å². The third kappa shape index (κ3) is 4.36. The summed E-state index contributed by atoms with van der Waals surface area (Å²) < 4.78 is 4.96. The van der Waals surface area contributed by atoms with E-state index in [4.69, 9.17) is 14.9 Å². The molecule has 0 atom stereocenters. The number of aromatic carboxylic acids is 1. The lowest BCUT2D eigenvalue weighted by molar-refractivity contribution is 0.0692. The summed E-state index contributed by atoms with van der Waals surface area (Å²) in [7, 11) is 1.59. The van der Waals surface area contributed by atoms with Crippen molar-refractivity contribution in [3.8, 4) is 0 Å². The largest absolute Gasteiger partial charge is 0.478 e. The minimum Gasteiger partial charge on any atom is -0.478 e. The maximum absolute atomic E-state index is 11.0. The van der Waals surface area contributed by atoms with Crippen LogP contribution in [0.3, 0.4) is 0 Å². The first-order valence-electron chi connectivity index (χ1n) is 5.53. The molecular weight excluding hydrogens is 238 g/mol. The Morgan fingerprint density at radius 1 is 1.50 bits per heavy atom. The number of carboxylic acid groups (broad SMARTS) is 1. The molecule has 0 bridgehead atoms. The van der Waals surface area contributed by atoms with Gasteiger partial charge in [0.1, 0.15) is 11.9 Å². The summed E-state index contributed by atoms with van der Waals surface area (Å²) in [6, 6.07) is 0. The molecule has 18 heavy (non-hydrogen) atoms. The lowest BCUT2D eigenvalue weighted by Crippen LogP contribution is -2.31. The highest BCUT2D eigenvalue weighted by Crippen LogP contribution is 2.07. The van der Waals surface area contributed by atoms with Crippen LogP contribution in [0.25, 0.3) is 0 Å². The highest BCUT2D eigenvalue weighted by molar-refractivity contribution is 5.88. The van der Waals surface area contributed by atoms with Crippen molar-refractivity contribution in [3.63, 3.8) is 0 Å². The predicted molar refractivity (Wildman–Crippen MR) is 63.2 cm³/mol. The number of methoxy groups -OCH3 is 1. The first kappa shape index (κ1) is 14.5. The molecule has 0 aliphatic heterocycles. The van der Waals surface area contributed by atoms with Gasteiger partial charge in [0.2, 0.25) is 0 Å². The van der Waals surface area contributed by atoms with Gasteiger partial charge in [-0.2, -0.15) is 0 Å². The zero-order chi connectivity index (χ0) is 13.4. The fraction of sp³-hybridized carbons (Fsp3) is 0.545. The molecule has 0 fully saturated rings. The third-order valence-electron chi connectivity index (χ3n) is 2.43. The molecule has 100 valence electrons. The molecule has 1 heterocycles. The minimum atomic E-state index is -1.05. The molecule has 0 unspecified atom stereocenters. The van der Waals surface area contributed by atoms with Crippen molar-refractivity contribution in [2.45, 2.75) is 6.54 Å². The number of hydrogen-bond acceptors (Lipinski definition) is 6. The molecule has 1 aromatic rings. The monoisotopic (exact) mass is 255 g/mol. The van der Waals surface area contributed by atoms with Crippen LogP contribution in [-0.2, 0) is 11.3 Å². The first-order chi connectivity index (χ1) is 8.69. The lowest BCUT2D eigenvalue weighted by Gasteiger charge is -2.20. The first-order valence-corrected chi connectivity index (χ1v) is 5.53. The predicted octanol–water partition coefficient (Wildman–Crippen LogP) is -0.384. The summed E-state index contributed by atoms with van der Waals surface area (Å²) in [4.78, 5) is 20.5. The molecular formula is C11H17N3O4. The molecule has 2 N–H and O–H groups in total. The Kier molecular flexibility index (Phi) is 6.20. The van der Waals surface area contributed by atoms with Gasteiger partial charge in [0.25, 0.3) is 0 Å². The van der Waals surface area contributed by atoms with E-state index in [-0.39, 0.29) is 12.2 Å². The van der Waals surface area contributed by atoms with E-state index in [2.05, 4.69) is 9.97 Å². The molecule has 0 saturated carbocycles. The molecule has 1 rings (SSSR count). The van der Waals surface area contributed by atoms with Crippen LogP contribution < -0.4 is 0 Å². The number of ether oxygens (including phenoxy) is 1. The Hall–Kier alpha value is -1.57. The zero-order valence-electron chi connectivity index (χ0n) is 10.2. The summed E-state index contributed by atoms with van der Waals surface area (Å²) in [5.74, 6) is -1.05. The van der Waals surface area contributed by atoms with Gasteiger partial charge in [0.05, 0.1) is 18.9 Å². The van der Waals surface area contributed by atoms with Gasteiger partial charge in [-0.3, -0.25) is 4.90 Å².